The predicted octanol–water partition coefficient (Wildman–Crippen LogP) is 3.52. The molecule has 0 atom stereocenters. The third-order valence-corrected chi connectivity index (χ3v) is 6.67. The highest BCUT2D eigenvalue weighted by atomic mass is 16.6. The van der Waals surface area contributed by atoms with Crippen LogP contribution in [0.15, 0.2) is 54.6 Å². The Kier molecular flexibility index (Phi) is 4.89. The van der Waals surface area contributed by atoms with E-state index in [-0.39, 0.29) is 41.0 Å². The van der Waals surface area contributed by atoms with Crippen LogP contribution in [0.3, 0.4) is 0 Å². The molecule has 3 aliphatic rings. The molecule has 36 heavy (non-hydrogen) atoms. The molecular formula is C27H22N2O7. The van der Waals surface area contributed by atoms with E-state index < -0.39 is 17.5 Å². The summed E-state index contributed by atoms with van der Waals surface area (Å²) in [5, 5.41) is 25.3. The minimum absolute atomic E-state index is 0.0284. The van der Waals surface area contributed by atoms with E-state index in [1.807, 2.05) is 0 Å². The van der Waals surface area contributed by atoms with Crippen LogP contribution in [0.5, 0.6) is 23.0 Å². The van der Waals surface area contributed by atoms with Crippen molar-refractivity contribution in [2.24, 2.45) is 5.92 Å². The minimum atomic E-state index is -1.37. The van der Waals surface area contributed by atoms with Crippen LogP contribution in [0.4, 0.5) is 5.69 Å². The molecule has 0 radical (unpaired) electrons. The Morgan fingerprint density at radius 2 is 1.53 bits per heavy atom. The first-order valence-corrected chi connectivity index (χ1v) is 11.6. The Morgan fingerprint density at radius 1 is 0.889 bits per heavy atom. The molecule has 0 aromatic heterocycles. The van der Waals surface area contributed by atoms with E-state index in [2.05, 4.69) is 10.6 Å². The van der Waals surface area contributed by atoms with Crippen LogP contribution in [-0.2, 0) is 19.9 Å². The molecular weight excluding hydrogens is 464 g/mol. The first-order chi connectivity index (χ1) is 17.3. The Balaban J connectivity index is 1.34. The van der Waals surface area contributed by atoms with Crippen molar-refractivity contribution in [1.29, 1.82) is 0 Å². The van der Waals surface area contributed by atoms with E-state index >= 15 is 0 Å². The lowest BCUT2D eigenvalue weighted by atomic mass is 9.77. The van der Waals surface area contributed by atoms with Gasteiger partial charge in [0.1, 0.15) is 23.0 Å². The second-order valence-corrected chi connectivity index (χ2v) is 9.27. The second kappa shape index (κ2) is 8.01. The Hall–Kier alpha value is -4.53. The molecule has 3 aromatic carbocycles. The summed E-state index contributed by atoms with van der Waals surface area (Å²) in [6, 6.07) is 13.9. The number of ether oxygens (including phenoxy) is 2. The van der Waals surface area contributed by atoms with Gasteiger partial charge >= 0.3 is 5.97 Å². The summed E-state index contributed by atoms with van der Waals surface area (Å²) in [5.41, 5.74) is 0.835. The molecule has 1 fully saturated rings. The summed E-state index contributed by atoms with van der Waals surface area (Å²) >= 11 is 0. The maximum Gasteiger partial charge on any atom is 0.340 e. The summed E-state index contributed by atoms with van der Waals surface area (Å²) in [6.45, 7) is -0.165. The maximum atomic E-state index is 13.1. The number of phenolic OH excluding ortho intramolecular Hbond substituents is 2. The molecule has 3 aromatic rings. The van der Waals surface area contributed by atoms with Gasteiger partial charge in [0.05, 0.1) is 12.1 Å². The van der Waals surface area contributed by atoms with Gasteiger partial charge in [-0.05, 0) is 55.2 Å². The number of hydrogen-bond donors (Lipinski definition) is 4. The number of phenols is 2. The van der Waals surface area contributed by atoms with Crippen LogP contribution in [0.25, 0.3) is 0 Å². The summed E-state index contributed by atoms with van der Waals surface area (Å²) in [5.74, 6) is -0.219. The fourth-order valence-corrected chi connectivity index (χ4v) is 4.82. The normalized spacial score (nSPS) is 16.3. The number of hydrogen-bond acceptors (Lipinski definition) is 7. The van der Waals surface area contributed by atoms with Crippen molar-refractivity contribution in [3.63, 3.8) is 0 Å². The standard InChI is InChI=1S/C27H22N2O7/c30-16-4-7-20-22(11-16)35-23-12-17(31)5-8-21(23)27(20)19-6-3-15(10-18(19)26(34)36-27)29-25(33)13-28-24(32)9-14-1-2-14/h3-8,10-12,14,30-31H,1-2,9,13H2,(H,28,32)(H,29,33). The number of benzene rings is 3. The first kappa shape index (κ1) is 22.0. The molecule has 2 amide bonds. The zero-order valence-electron chi connectivity index (χ0n) is 19.0. The minimum Gasteiger partial charge on any atom is -0.508 e. The van der Waals surface area contributed by atoms with E-state index in [9.17, 15) is 24.6 Å². The summed E-state index contributed by atoms with van der Waals surface area (Å²) in [4.78, 5) is 37.4. The lowest BCUT2D eigenvalue weighted by molar-refractivity contribution is -0.124. The van der Waals surface area contributed by atoms with Crippen molar-refractivity contribution in [3.05, 3.63) is 76.9 Å². The van der Waals surface area contributed by atoms with Crippen molar-refractivity contribution < 1.29 is 34.1 Å². The average Bonchev–Trinajstić information content (AvgIpc) is 3.61. The zero-order valence-corrected chi connectivity index (χ0v) is 19.0. The topological polar surface area (TPSA) is 134 Å². The van der Waals surface area contributed by atoms with Crippen LogP contribution in [0, 0.1) is 5.92 Å². The summed E-state index contributed by atoms with van der Waals surface area (Å²) in [7, 11) is 0. The molecule has 0 saturated heterocycles. The highest BCUT2D eigenvalue weighted by Gasteiger charge is 2.53. The SMILES string of the molecule is O=C(CC1CC1)NCC(=O)Nc1ccc2c(c1)C(=O)OC21c2ccc(O)cc2Oc2cc(O)ccc21. The Labute approximate surface area is 205 Å². The van der Waals surface area contributed by atoms with E-state index in [1.54, 1.807) is 24.3 Å². The predicted molar refractivity (Wildman–Crippen MR) is 127 cm³/mol. The fraction of sp³-hybridized carbons (Fsp3) is 0.222. The van der Waals surface area contributed by atoms with Gasteiger partial charge in [0, 0.05) is 40.9 Å². The van der Waals surface area contributed by atoms with Crippen LogP contribution in [-0.4, -0.2) is 34.5 Å². The largest absolute Gasteiger partial charge is 0.508 e. The molecule has 182 valence electrons. The Bertz CT molecular complexity index is 1390. The van der Waals surface area contributed by atoms with Crippen LogP contribution < -0.4 is 15.4 Å². The number of carbonyl (C=O) groups excluding carboxylic acids is 3. The third kappa shape index (κ3) is 3.60. The van der Waals surface area contributed by atoms with Crippen molar-refractivity contribution in [1.82, 2.24) is 5.32 Å². The van der Waals surface area contributed by atoms with Gasteiger partial charge in [0.2, 0.25) is 11.8 Å². The number of esters is 1. The molecule has 2 heterocycles. The molecule has 2 aliphatic heterocycles. The van der Waals surface area contributed by atoms with Gasteiger partial charge < -0.3 is 30.3 Å². The highest BCUT2D eigenvalue weighted by molar-refractivity contribution is 6.00. The number of anilines is 1. The highest BCUT2D eigenvalue weighted by Crippen LogP contribution is 2.57. The van der Waals surface area contributed by atoms with Gasteiger partial charge in [0.25, 0.3) is 0 Å². The van der Waals surface area contributed by atoms with Crippen LogP contribution in [0.1, 0.15) is 46.3 Å². The van der Waals surface area contributed by atoms with Crippen LogP contribution >= 0.6 is 0 Å². The molecule has 9 nitrogen and oxygen atoms in total. The number of amides is 2. The van der Waals surface area contributed by atoms with Gasteiger partial charge in [-0.3, -0.25) is 9.59 Å². The number of aromatic hydroxyl groups is 2. The number of carbonyl (C=O) groups is 3. The monoisotopic (exact) mass is 486 g/mol. The summed E-state index contributed by atoms with van der Waals surface area (Å²) < 4.78 is 11.9. The fourth-order valence-electron chi connectivity index (χ4n) is 4.82. The van der Waals surface area contributed by atoms with E-state index in [0.717, 1.165) is 12.8 Å². The quantitative estimate of drug-likeness (QED) is 0.406. The van der Waals surface area contributed by atoms with Crippen molar-refractivity contribution in [2.45, 2.75) is 24.9 Å². The molecule has 6 rings (SSSR count). The lowest BCUT2D eigenvalue weighted by Gasteiger charge is -2.36. The van der Waals surface area contributed by atoms with E-state index in [4.69, 9.17) is 9.47 Å². The van der Waals surface area contributed by atoms with Gasteiger partial charge in [-0.15, -0.1) is 0 Å². The van der Waals surface area contributed by atoms with Gasteiger partial charge in [0.15, 0.2) is 5.60 Å². The molecule has 1 spiro atoms. The van der Waals surface area contributed by atoms with Gasteiger partial charge in [-0.25, -0.2) is 4.79 Å². The van der Waals surface area contributed by atoms with E-state index in [1.165, 1.54) is 30.3 Å². The lowest BCUT2D eigenvalue weighted by Crippen LogP contribution is -2.33. The molecule has 1 saturated carbocycles. The average molecular weight is 486 g/mol. The third-order valence-electron chi connectivity index (χ3n) is 6.67. The number of rotatable bonds is 5. The molecule has 0 bridgehead atoms. The van der Waals surface area contributed by atoms with Crippen molar-refractivity contribution in [3.8, 4) is 23.0 Å². The van der Waals surface area contributed by atoms with Gasteiger partial charge in [-0.1, -0.05) is 6.07 Å². The molecule has 0 unspecified atom stereocenters. The molecule has 1 aliphatic carbocycles. The zero-order chi connectivity index (χ0) is 25.0. The van der Waals surface area contributed by atoms with Crippen molar-refractivity contribution >= 4 is 23.5 Å². The Morgan fingerprint density at radius 3 is 2.17 bits per heavy atom. The summed E-state index contributed by atoms with van der Waals surface area (Å²) in [6.07, 6.45) is 2.54. The van der Waals surface area contributed by atoms with Gasteiger partial charge in [-0.2, -0.15) is 0 Å². The van der Waals surface area contributed by atoms with E-state index in [0.29, 0.717) is 34.7 Å². The number of nitrogens with one attached hydrogen (secondary N) is 2. The van der Waals surface area contributed by atoms with Crippen LogP contribution in [0.2, 0.25) is 0 Å². The smallest absolute Gasteiger partial charge is 0.340 e. The second-order valence-electron chi connectivity index (χ2n) is 9.27. The molecule has 4 N–H and O–H groups in total. The number of fused-ring (bicyclic) bond motifs is 6. The molecule has 9 heteroatoms. The first-order valence-electron chi connectivity index (χ1n) is 11.6. The van der Waals surface area contributed by atoms with Crippen molar-refractivity contribution in [2.75, 3.05) is 11.9 Å². The maximum absolute atomic E-state index is 13.1.